The number of nitrogens with one attached hydrogen (secondary N) is 1. The fraction of sp³-hybridized carbons (Fsp3) is 0.381. The zero-order chi connectivity index (χ0) is 15.9. The molecule has 2 nitrogen and oxygen atoms in total. The van der Waals surface area contributed by atoms with Crippen LogP contribution in [0.15, 0.2) is 48.5 Å². The standard InChI is InChI=1S/C21H26N2/c1-2-3-4-5-6-9-15-22-20-13-10-14-21-18(20)16-17-11-7-8-12-19(17)23-21/h7-8,10-14,16,22H,2-6,9,15H2,1H3. The third-order valence-electron chi connectivity index (χ3n) is 4.41. The Labute approximate surface area is 138 Å². The van der Waals surface area contributed by atoms with Crippen molar-refractivity contribution in [3.63, 3.8) is 0 Å². The van der Waals surface area contributed by atoms with Gasteiger partial charge in [0.05, 0.1) is 11.0 Å². The molecule has 0 fully saturated rings. The summed E-state index contributed by atoms with van der Waals surface area (Å²) in [5, 5.41) is 6.03. The molecule has 0 atom stereocenters. The van der Waals surface area contributed by atoms with E-state index in [1.54, 1.807) is 0 Å². The molecule has 120 valence electrons. The summed E-state index contributed by atoms with van der Waals surface area (Å²) in [6.45, 7) is 3.30. The minimum atomic E-state index is 1.04. The minimum absolute atomic E-state index is 1.04. The fourth-order valence-corrected chi connectivity index (χ4v) is 3.08. The summed E-state index contributed by atoms with van der Waals surface area (Å²) >= 11 is 0. The van der Waals surface area contributed by atoms with E-state index < -0.39 is 0 Å². The lowest BCUT2D eigenvalue weighted by Crippen LogP contribution is -2.02. The molecule has 3 rings (SSSR count). The molecule has 0 saturated carbocycles. The number of unbranched alkanes of at least 4 members (excludes halogenated alkanes) is 5. The lowest BCUT2D eigenvalue weighted by Gasteiger charge is -2.10. The van der Waals surface area contributed by atoms with Crippen molar-refractivity contribution in [2.45, 2.75) is 45.4 Å². The van der Waals surface area contributed by atoms with Crippen LogP contribution in [-0.2, 0) is 0 Å². The Kier molecular flexibility index (Phi) is 5.46. The van der Waals surface area contributed by atoms with E-state index in [9.17, 15) is 0 Å². The maximum atomic E-state index is 4.78. The monoisotopic (exact) mass is 306 g/mol. The number of hydrogen-bond donors (Lipinski definition) is 1. The molecule has 2 heteroatoms. The minimum Gasteiger partial charge on any atom is -0.384 e. The van der Waals surface area contributed by atoms with E-state index in [0.29, 0.717) is 0 Å². The van der Waals surface area contributed by atoms with Crippen molar-refractivity contribution in [2.24, 2.45) is 0 Å². The predicted molar refractivity (Wildman–Crippen MR) is 101 cm³/mol. The molecule has 1 N–H and O–H groups in total. The van der Waals surface area contributed by atoms with Gasteiger partial charge in [-0.3, -0.25) is 0 Å². The van der Waals surface area contributed by atoms with E-state index in [1.807, 2.05) is 6.07 Å². The van der Waals surface area contributed by atoms with Gasteiger partial charge >= 0.3 is 0 Å². The van der Waals surface area contributed by atoms with Crippen LogP contribution in [0.4, 0.5) is 5.69 Å². The number of anilines is 1. The first-order valence-corrected chi connectivity index (χ1v) is 8.91. The lowest BCUT2D eigenvalue weighted by atomic mass is 10.1. The first-order valence-electron chi connectivity index (χ1n) is 8.91. The van der Waals surface area contributed by atoms with Crippen molar-refractivity contribution < 1.29 is 0 Å². The van der Waals surface area contributed by atoms with Crippen LogP contribution in [0.3, 0.4) is 0 Å². The number of rotatable bonds is 8. The van der Waals surface area contributed by atoms with E-state index in [-0.39, 0.29) is 0 Å². The van der Waals surface area contributed by atoms with Crippen molar-refractivity contribution in [1.82, 2.24) is 4.98 Å². The van der Waals surface area contributed by atoms with Crippen molar-refractivity contribution in [2.75, 3.05) is 11.9 Å². The third-order valence-corrected chi connectivity index (χ3v) is 4.41. The topological polar surface area (TPSA) is 24.9 Å². The summed E-state index contributed by atoms with van der Waals surface area (Å²) in [5.74, 6) is 0. The number of benzene rings is 2. The van der Waals surface area contributed by atoms with Crippen molar-refractivity contribution >= 4 is 27.5 Å². The SMILES string of the molecule is CCCCCCCCNc1cccc2nc3ccccc3cc12. The Bertz CT molecular complexity index is 764. The smallest absolute Gasteiger partial charge is 0.0730 e. The Morgan fingerprint density at radius 1 is 0.826 bits per heavy atom. The van der Waals surface area contributed by atoms with Gasteiger partial charge in [0.15, 0.2) is 0 Å². The second-order valence-corrected chi connectivity index (χ2v) is 6.25. The summed E-state index contributed by atoms with van der Waals surface area (Å²) in [6.07, 6.45) is 7.97. The molecule has 0 spiro atoms. The highest BCUT2D eigenvalue weighted by atomic mass is 14.9. The Morgan fingerprint density at radius 2 is 1.61 bits per heavy atom. The molecule has 0 aliphatic heterocycles. The van der Waals surface area contributed by atoms with Gasteiger partial charge in [-0.1, -0.05) is 63.3 Å². The second kappa shape index (κ2) is 7.96. The van der Waals surface area contributed by atoms with Gasteiger partial charge in [-0.25, -0.2) is 4.98 Å². The van der Waals surface area contributed by atoms with Crippen molar-refractivity contribution in [3.05, 3.63) is 48.5 Å². The second-order valence-electron chi connectivity index (χ2n) is 6.25. The van der Waals surface area contributed by atoms with Crippen molar-refractivity contribution in [3.8, 4) is 0 Å². The zero-order valence-electron chi connectivity index (χ0n) is 14.0. The highest BCUT2D eigenvalue weighted by Gasteiger charge is 2.03. The lowest BCUT2D eigenvalue weighted by molar-refractivity contribution is 0.617. The van der Waals surface area contributed by atoms with Crippen LogP contribution in [0.5, 0.6) is 0 Å². The number of aromatic nitrogens is 1. The molecular formula is C21H26N2. The molecule has 0 aliphatic carbocycles. The van der Waals surface area contributed by atoms with Gasteiger partial charge in [-0.2, -0.15) is 0 Å². The molecule has 1 aromatic heterocycles. The van der Waals surface area contributed by atoms with Crippen LogP contribution in [0.2, 0.25) is 0 Å². The van der Waals surface area contributed by atoms with Crippen LogP contribution in [0.1, 0.15) is 45.4 Å². The Hall–Kier alpha value is -2.09. The molecule has 0 radical (unpaired) electrons. The Balaban J connectivity index is 1.67. The molecule has 0 unspecified atom stereocenters. The van der Waals surface area contributed by atoms with Crippen LogP contribution in [0, 0.1) is 0 Å². The van der Waals surface area contributed by atoms with E-state index in [4.69, 9.17) is 4.98 Å². The summed E-state index contributed by atoms with van der Waals surface area (Å²) in [6, 6.07) is 16.9. The molecule has 23 heavy (non-hydrogen) atoms. The highest BCUT2D eigenvalue weighted by Crippen LogP contribution is 2.26. The van der Waals surface area contributed by atoms with Gasteiger partial charge in [0, 0.05) is 23.0 Å². The van der Waals surface area contributed by atoms with Gasteiger partial charge in [-0.05, 0) is 30.7 Å². The average molecular weight is 306 g/mol. The van der Waals surface area contributed by atoms with Gasteiger partial charge in [0.2, 0.25) is 0 Å². The molecule has 2 aromatic carbocycles. The Morgan fingerprint density at radius 3 is 2.52 bits per heavy atom. The maximum absolute atomic E-state index is 4.78. The number of nitrogens with zero attached hydrogens (tertiary/aromatic N) is 1. The normalized spacial score (nSPS) is 11.2. The highest BCUT2D eigenvalue weighted by molar-refractivity contribution is 5.99. The average Bonchev–Trinajstić information content (AvgIpc) is 2.59. The number of hydrogen-bond acceptors (Lipinski definition) is 2. The number of para-hydroxylation sites is 1. The van der Waals surface area contributed by atoms with Crippen LogP contribution in [-0.4, -0.2) is 11.5 Å². The predicted octanol–water partition coefficient (Wildman–Crippen LogP) is 6.16. The molecule has 0 saturated heterocycles. The van der Waals surface area contributed by atoms with E-state index >= 15 is 0 Å². The zero-order valence-corrected chi connectivity index (χ0v) is 14.0. The van der Waals surface area contributed by atoms with Gasteiger partial charge in [0.25, 0.3) is 0 Å². The summed E-state index contributed by atoms with van der Waals surface area (Å²) in [5.41, 5.74) is 3.33. The van der Waals surface area contributed by atoms with E-state index in [0.717, 1.165) is 17.6 Å². The van der Waals surface area contributed by atoms with Gasteiger partial charge < -0.3 is 5.32 Å². The summed E-state index contributed by atoms with van der Waals surface area (Å²) < 4.78 is 0. The molecule has 3 aromatic rings. The molecule has 0 bridgehead atoms. The summed E-state index contributed by atoms with van der Waals surface area (Å²) in [4.78, 5) is 4.78. The van der Waals surface area contributed by atoms with Crippen LogP contribution < -0.4 is 5.32 Å². The number of fused-ring (bicyclic) bond motifs is 2. The third kappa shape index (κ3) is 4.01. The first kappa shape index (κ1) is 15.8. The van der Waals surface area contributed by atoms with E-state index in [2.05, 4.69) is 54.7 Å². The quantitative estimate of drug-likeness (QED) is 0.398. The van der Waals surface area contributed by atoms with Crippen molar-refractivity contribution in [1.29, 1.82) is 0 Å². The molecular weight excluding hydrogens is 280 g/mol. The summed E-state index contributed by atoms with van der Waals surface area (Å²) in [7, 11) is 0. The maximum Gasteiger partial charge on any atom is 0.0730 e. The molecule has 0 amide bonds. The van der Waals surface area contributed by atoms with Gasteiger partial charge in [0.1, 0.15) is 0 Å². The van der Waals surface area contributed by atoms with Crippen LogP contribution in [0.25, 0.3) is 21.8 Å². The largest absolute Gasteiger partial charge is 0.384 e. The molecule has 1 heterocycles. The fourth-order valence-electron chi connectivity index (χ4n) is 3.08. The van der Waals surface area contributed by atoms with E-state index in [1.165, 1.54) is 55.0 Å². The molecule has 0 aliphatic rings. The number of pyridine rings is 1. The first-order chi connectivity index (χ1) is 11.4. The van der Waals surface area contributed by atoms with Gasteiger partial charge in [-0.15, -0.1) is 0 Å². The van der Waals surface area contributed by atoms with Crippen LogP contribution >= 0.6 is 0 Å².